The average molecular weight is 1030 g/mol. The van der Waals surface area contributed by atoms with Gasteiger partial charge in [-0.25, -0.2) is 0 Å². The molecule has 0 aliphatic carbocycles. The summed E-state index contributed by atoms with van der Waals surface area (Å²) in [7, 11) is 0. The molecule has 0 aliphatic heterocycles. The molecule has 0 rings (SSSR count). The Hall–Kier alpha value is -5.23. The van der Waals surface area contributed by atoms with Crippen LogP contribution < -0.4 is 0 Å². The topological polar surface area (TPSA) is 78.9 Å². The van der Waals surface area contributed by atoms with Gasteiger partial charge in [-0.3, -0.25) is 14.4 Å². The van der Waals surface area contributed by atoms with E-state index in [1.165, 1.54) is 51.4 Å². The standard InChI is InChI=1S/C69H106O6/c1-4-7-10-13-16-19-22-25-28-31-34-37-40-43-46-49-52-55-58-61-67(70)73-64-66(75-69(72)63-60-57-54-51-48-45-42-39-36-33-30-27-24-21-18-15-12-9-6-3)65-74-68(71)62-59-56-53-50-47-44-41-38-35-32-29-26-23-20-17-14-11-8-5-2/h9,12,16-21,25-30,34-39,43-48,54,57,66H,4-8,10-11,13-15,22-24,31-33,40-42,49-53,55-56,58-65H2,1-3H3/b12-9-,19-16-,20-17-,21-18-,28-25-,29-26-,30-27-,37-34-,38-35-,39-36-,46-43-,47-44-,48-45-,57-54-. The Morgan fingerprint density at radius 2 is 0.547 bits per heavy atom. The van der Waals surface area contributed by atoms with Gasteiger partial charge in [-0.05, 0) is 148 Å². The molecule has 75 heavy (non-hydrogen) atoms. The molecule has 0 aromatic rings. The van der Waals surface area contributed by atoms with Gasteiger partial charge >= 0.3 is 17.9 Å². The van der Waals surface area contributed by atoms with Gasteiger partial charge in [-0.15, -0.1) is 0 Å². The Bertz CT molecular complexity index is 1670. The Kier molecular flexibility index (Phi) is 57.0. The zero-order valence-corrected chi connectivity index (χ0v) is 47.7. The number of esters is 3. The van der Waals surface area contributed by atoms with Gasteiger partial charge in [0.1, 0.15) is 13.2 Å². The largest absolute Gasteiger partial charge is 0.462 e. The quantitative estimate of drug-likeness (QED) is 0.0261. The molecule has 418 valence electrons. The second-order valence-corrected chi connectivity index (χ2v) is 18.8. The van der Waals surface area contributed by atoms with Crippen molar-refractivity contribution in [1.82, 2.24) is 0 Å². The fourth-order valence-corrected chi connectivity index (χ4v) is 7.26. The van der Waals surface area contributed by atoms with Crippen molar-refractivity contribution in [3.05, 3.63) is 170 Å². The smallest absolute Gasteiger partial charge is 0.306 e. The normalized spacial score (nSPS) is 13.0. The predicted molar refractivity (Wildman–Crippen MR) is 325 cm³/mol. The van der Waals surface area contributed by atoms with Crippen LogP contribution >= 0.6 is 0 Å². The third-order valence-electron chi connectivity index (χ3n) is 11.7. The number of hydrogen-bond acceptors (Lipinski definition) is 6. The maximum absolute atomic E-state index is 12.8. The van der Waals surface area contributed by atoms with E-state index in [-0.39, 0.29) is 31.6 Å². The van der Waals surface area contributed by atoms with E-state index in [1.807, 2.05) is 12.2 Å². The second-order valence-electron chi connectivity index (χ2n) is 18.8. The van der Waals surface area contributed by atoms with E-state index >= 15 is 0 Å². The molecule has 0 atom stereocenters. The maximum Gasteiger partial charge on any atom is 0.306 e. The Balaban J connectivity index is 4.66. The second kappa shape index (κ2) is 61.3. The number of carbonyl (C=O) groups is 3. The van der Waals surface area contributed by atoms with Crippen molar-refractivity contribution in [3.63, 3.8) is 0 Å². The summed E-state index contributed by atoms with van der Waals surface area (Å²) in [5.41, 5.74) is 0. The van der Waals surface area contributed by atoms with Crippen LogP contribution in [0.25, 0.3) is 0 Å². The molecule has 0 N–H and O–H groups in total. The van der Waals surface area contributed by atoms with Crippen LogP contribution in [0.2, 0.25) is 0 Å². The molecular formula is C69H106O6. The Morgan fingerprint density at radius 1 is 0.280 bits per heavy atom. The van der Waals surface area contributed by atoms with Gasteiger partial charge < -0.3 is 14.2 Å². The number of hydrogen-bond donors (Lipinski definition) is 0. The summed E-state index contributed by atoms with van der Waals surface area (Å²) in [6.07, 6.45) is 90.6. The first-order valence-corrected chi connectivity index (χ1v) is 29.6. The molecule has 0 aromatic carbocycles. The first-order chi connectivity index (χ1) is 37.0. The summed E-state index contributed by atoms with van der Waals surface area (Å²) in [6, 6.07) is 0. The van der Waals surface area contributed by atoms with Gasteiger partial charge in [0.05, 0.1) is 0 Å². The molecule has 0 spiro atoms. The SMILES string of the molecule is CC/C=C\C/C=C\C/C=C\C/C=C\C/C=C\C/C=C\CCC(=O)OC(COC(=O)CCCCC/C=C\C/C=C\C/C=C\C/C=C\CCCCC)COC(=O)CCCCC/C=C\C/C=C\C/C=C\C/C=C\CCCCC. The van der Waals surface area contributed by atoms with E-state index < -0.39 is 12.1 Å². The van der Waals surface area contributed by atoms with E-state index in [0.717, 1.165) is 128 Å². The molecule has 0 saturated heterocycles. The highest BCUT2D eigenvalue weighted by molar-refractivity contribution is 5.71. The maximum atomic E-state index is 12.8. The minimum Gasteiger partial charge on any atom is -0.462 e. The molecule has 0 unspecified atom stereocenters. The average Bonchev–Trinajstić information content (AvgIpc) is 3.41. The number of allylic oxidation sites excluding steroid dienone is 28. The van der Waals surface area contributed by atoms with E-state index in [4.69, 9.17) is 14.2 Å². The van der Waals surface area contributed by atoms with Crippen molar-refractivity contribution in [2.75, 3.05) is 13.2 Å². The summed E-state index contributed by atoms with van der Waals surface area (Å²) in [5.74, 6) is -1.10. The fourth-order valence-electron chi connectivity index (χ4n) is 7.26. The van der Waals surface area contributed by atoms with E-state index in [1.54, 1.807) is 0 Å². The van der Waals surface area contributed by atoms with Gasteiger partial charge in [-0.1, -0.05) is 229 Å². The molecule has 0 fully saturated rings. The molecule has 0 aliphatic rings. The highest BCUT2D eigenvalue weighted by Crippen LogP contribution is 2.11. The van der Waals surface area contributed by atoms with Crippen LogP contribution in [0.15, 0.2) is 170 Å². The highest BCUT2D eigenvalue weighted by Gasteiger charge is 2.19. The van der Waals surface area contributed by atoms with E-state index in [9.17, 15) is 14.4 Å². The lowest BCUT2D eigenvalue weighted by molar-refractivity contribution is -0.166. The van der Waals surface area contributed by atoms with E-state index in [0.29, 0.717) is 19.3 Å². The minimum absolute atomic E-state index is 0.144. The van der Waals surface area contributed by atoms with Crippen LogP contribution in [-0.4, -0.2) is 37.2 Å². The molecule has 0 amide bonds. The van der Waals surface area contributed by atoms with Crippen LogP contribution in [0.5, 0.6) is 0 Å². The summed E-state index contributed by atoms with van der Waals surface area (Å²) in [5, 5.41) is 0. The molecule has 6 nitrogen and oxygen atoms in total. The van der Waals surface area contributed by atoms with Crippen molar-refractivity contribution in [2.24, 2.45) is 0 Å². The molecule has 0 radical (unpaired) electrons. The molecule has 6 heteroatoms. The number of unbranched alkanes of at least 4 members (excludes halogenated alkanes) is 12. The lowest BCUT2D eigenvalue weighted by atomic mass is 10.1. The van der Waals surface area contributed by atoms with Crippen molar-refractivity contribution in [3.8, 4) is 0 Å². The van der Waals surface area contributed by atoms with Crippen LogP contribution in [0.4, 0.5) is 0 Å². The summed E-state index contributed by atoms with van der Waals surface area (Å²) in [4.78, 5) is 38.2. The lowest BCUT2D eigenvalue weighted by Crippen LogP contribution is -2.30. The van der Waals surface area contributed by atoms with Crippen molar-refractivity contribution < 1.29 is 28.6 Å². The van der Waals surface area contributed by atoms with Gasteiger partial charge in [-0.2, -0.15) is 0 Å². The zero-order valence-electron chi connectivity index (χ0n) is 47.7. The van der Waals surface area contributed by atoms with Gasteiger partial charge in [0.2, 0.25) is 0 Å². The third kappa shape index (κ3) is 59.5. The first kappa shape index (κ1) is 69.8. The molecule has 0 bridgehead atoms. The predicted octanol–water partition coefficient (Wildman–Crippen LogP) is 20.3. The van der Waals surface area contributed by atoms with E-state index in [2.05, 4.69) is 179 Å². The van der Waals surface area contributed by atoms with Crippen LogP contribution in [0.1, 0.15) is 226 Å². The number of rotatable bonds is 51. The van der Waals surface area contributed by atoms with Gasteiger partial charge in [0.25, 0.3) is 0 Å². The van der Waals surface area contributed by atoms with Crippen LogP contribution in [0.3, 0.4) is 0 Å². The lowest BCUT2D eigenvalue weighted by Gasteiger charge is -2.18. The summed E-state index contributed by atoms with van der Waals surface area (Å²) >= 11 is 0. The number of ether oxygens (including phenoxy) is 3. The van der Waals surface area contributed by atoms with Gasteiger partial charge in [0, 0.05) is 19.3 Å². The monoisotopic (exact) mass is 1030 g/mol. The van der Waals surface area contributed by atoms with Gasteiger partial charge in [0.15, 0.2) is 6.10 Å². The summed E-state index contributed by atoms with van der Waals surface area (Å²) in [6.45, 7) is 6.33. The van der Waals surface area contributed by atoms with Crippen molar-refractivity contribution in [1.29, 1.82) is 0 Å². The fraction of sp³-hybridized carbons (Fsp3) is 0.551. The van der Waals surface area contributed by atoms with Crippen LogP contribution in [0, 0.1) is 0 Å². The molecular weight excluding hydrogens is 925 g/mol. The highest BCUT2D eigenvalue weighted by atomic mass is 16.6. The summed E-state index contributed by atoms with van der Waals surface area (Å²) < 4.78 is 16.8. The molecule has 0 aromatic heterocycles. The molecule has 0 heterocycles. The molecule has 0 saturated carbocycles. The number of carbonyl (C=O) groups excluding carboxylic acids is 3. The third-order valence-corrected chi connectivity index (χ3v) is 11.7. The minimum atomic E-state index is -0.856. The first-order valence-electron chi connectivity index (χ1n) is 29.6. The Morgan fingerprint density at radius 3 is 0.840 bits per heavy atom. The van der Waals surface area contributed by atoms with Crippen molar-refractivity contribution in [2.45, 2.75) is 232 Å². The Labute approximate surface area is 460 Å². The zero-order chi connectivity index (χ0) is 54.3. The van der Waals surface area contributed by atoms with Crippen molar-refractivity contribution >= 4 is 17.9 Å². The van der Waals surface area contributed by atoms with Crippen LogP contribution in [-0.2, 0) is 28.6 Å².